The zero-order valence-electron chi connectivity index (χ0n) is 15.1. The normalized spacial score (nSPS) is 11.4. The number of benzene rings is 1. The van der Waals surface area contributed by atoms with Gasteiger partial charge < -0.3 is 4.90 Å². The second-order valence-electron chi connectivity index (χ2n) is 5.71. The molecule has 0 N–H and O–H groups in total. The average Bonchev–Trinajstić information content (AvgIpc) is 3.00. The van der Waals surface area contributed by atoms with Crippen LogP contribution in [0.4, 0.5) is 16.4 Å². The van der Waals surface area contributed by atoms with Gasteiger partial charge in [-0.1, -0.05) is 18.2 Å². The van der Waals surface area contributed by atoms with Crippen molar-refractivity contribution < 1.29 is 13.2 Å². The molecule has 136 valence electrons. The highest BCUT2D eigenvalue weighted by Gasteiger charge is 2.27. The Morgan fingerprint density at radius 3 is 2.20 bits per heavy atom. The number of anilines is 2. The molecule has 0 bridgehead atoms. The van der Waals surface area contributed by atoms with Crippen LogP contribution in [0.25, 0.3) is 0 Å². The van der Waals surface area contributed by atoms with Gasteiger partial charge in [-0.25, -0.2) is 17.5 Å². The second kappa shape index (κ2) is 7.22. The van der Waals surface area contributed by atoms with Gasteiger partial charge in [0.1, 0.15) is 6.33 Å². The van der Waals surface area contributed by atoms with Gasteiger partial charge in [-0.2, -0.15) is 9.67 Å². The summed E-state index contributed by atoms with van der Waals surface area (Å²) in [7, 11) is -3.69. The molecule has 2 rings (SSSR count). The quantitative estimate of drug-likeness (QED) is 0.811. The van der Waals surface area contributed by atoms with Gasteiger partial charge in [-0.3, -0.25) is 0 Å². The predicted molar refractivity (Wildman–Crippen MR) is 96.6 cm³/mol. The Bertz CT molecular complexity index is 851. The van der Waals surface area contributed by atoms with Gasteiger partial charge in [0.05, 0.1) is 11.9 Å². The van der Waals surface area contributed by atoms with E-state index in [9.17, 15) is 13.2 Å². The van der Waals surface area contributed by atoms with E-state index in [4.69, 9.17) is 0 Å². The average molecular weight is 365 g/mol. The van der Waals surface area contributed by atoms with Gasteiger partial charge in [0.25, 0.3) is 5.95 Å². The molecule has 0 spiro atoms. The van der Waals surface area contributed by atoms with E-state index in [1.165, 1.54) is 6.33 Å². The lowest BCUT2D eigenvalue weighted by atomic mass is 10.1. The van der Waals surface area contributed by atoms with E-state index in [1.807, 2.05) is 45.9 Å². The van der Waals surface area contributed by atoms with E-state index in [1.54, 1.807) is 4.90 Å². The van der Waals surface area contributed by atoms with Crippen LogP contribution >= 0.6 is 0 Å². The Morgan fingerprint density at radius 2 is 1.72 bits per heavy atom. The van der Waals surface area contributed by atoms with E-state index < -0.39 is 10.0 Å². The van der Waals surface area contributed by atoms with E-state index in [0.29, 0.717) is 18.8 Å². The van der Waals surface area contributed by atoms with E-state index in [-0.39, 0.29) is 12.0 Å². The third-order valence-corrected chi connectivity index (χ3v) is 4.87. The summed E-state index contributed by atoms with van der Waals surface area (Å²) < 4.78 is 26.9. The van der Waals surface area contributed by atoms with Crippen LogP contribution in [0.15, 0.2) is 24.5 Å². The largest absolute Gasteiger partial charge is 0.346 e. The fourth-order valence-corrected chi connectivity index (χ4v) is 3.62. The Morgan fingerprint density at radius 1 is 1.16 bits per heavy atom. The number of carbonyl (C=O) groups is 1. The lowest BCUT2D eigenvalue weighted by molar-refractivity contribution is 0.201. The fraction of sp³-hybridized carbons (Fsp3) is 0.438. The number of para-hydroxylation sites is 1. The Balaban J connectivity index is 2.54. The van der Waals surface area contributed by atoms with Crippen molar-refractivity contribution >= 4 is 27.7 Å². The summed E-state index contributed by atoms with van der Waals surface area (Å²) in [6.45, 7) is 8.41. The Labute approximate surface area is 148 Å². The SMILES string of the molecule is CCN(CC)C(=O)n1cnc(N(c2c(C)cccc2C)S(C)(=O)=O)n1. The second-order valence-corrected chi connectivity index (χ2v) is 7.54. The van der Waals surface area contributed by atoms with Crippen LogP contribution in [-0.2, 0) is 10.0 Å². The van der Waals surface area contributed by atoms with Gasteiger partial charge >= 0.3 is 6.03 Å². The number of carbonyl (C=O) groups excluding carboxylic acids is 1. The summed E-state index contributed by atoms with van der Waals surface area (Å²) in [4.78, 5) is 18.0. The van der Waals surface area contributed by atoms with Gasteiger partial charge in [-0.05, 0) is 38.8 Å². The van der Waals surface area contributed by atoms with E-state index in [0.717, 1.165) is 26.4 Å². The van der Waals surface area contributed by atoms with Crippen molar-refractivity contribution in [2.24, 2.45) is 0 Å². The molecule has 9 heteroatoms. The zero-order chi connectivity index (χ0) is 18.8. The highest BCUT2D eigenvalue weighted by atomic mass is 32.2. The molecule has 2 aromatic rings. The number of nitrogens with zero attached hydrogens (tertiary/aromatic N) is 5. The number of aryl methyl sites for hydroxylation is 2. The molecule has 0 unspecified atom stereocenters. The molecule has 1 aromatic heterocycles. The third kappa shape index (κ3) is 3.81. The van der Waals surface area contributed by atoms with Crippen molar-refractivity contribution in [3.8, 4) is 0 Å². The van der Waals surface area contributed by atoms with E-state index in [2.05, 4.69) is 10.1 Å². The standard InChI is InChI=1S/C16H23N5O3S/c1-6-19(7-2)16(22)20-11-17-15(18-20)21(25(5,23)24)14-12(3)9-8-10-13(14)4/h8-11H,6-7H2,1-5H3. The lowest BCUT2D eigenvalue weighted by Crippen LogP contribution is -2.35. The number of hydrogen-bond acceptors (Lipinski definition) is 5. The minimum Gasteiger partial charge on any atom is -0.323 e. The third-order valence-electron chi connectivity index (χ3n) is 3.87. The first kappa shape index (κ1) is 18.9. The maximum atomic E-state index is 12.4. The summed E-state index contributed by atoms with van der Waals surface area (Å²) in [6.07, 6.45) is 2.33. The molecule has 1 heterocycles. The first-order valence-electron chi connectivity index (χ1n) is 7.98. The van der Waals surface area contributed by atoms with Crippen molar-refractivity contribution in [2.45, 2.75) is 27.7 Å². The Kier molecular flexibility index (Phi) is 5.46. The van der Waals surface area contributed by atoms with Crippen LogP contribution in [0.3, 0.4) is 0 Å². The molecule has 0 aliphatic rings. The predicted octanol–water partition coefficient (Wildman–Crippen LogP) is 2.30. The van der Waals surface area contributed by atoms with Crippen LogP contribution in [0.1, 0.15) is 25.0 Å². The molecule has 8 nitrogen and oxygen atoms in total. The first-order chi connectivity index (χ1) is 11.7. The topological polar surface area (TPSA) is 88.4 Å². The van der Waals surface area contributed by atoms with Crippen molar-refractivity contribution in [1.29, 1.82) is 0 Å². The molecule has 25 heavy (non-hydrogen) atoms. The summed E-state index contributed by atoms with van der Waals surface area (Å²) in [5, 5.41) is 4.11. The monoisotopic (exact) mass is 365 g/mol. The highest BCUT2D eigenvalue weighted by molar-refractivity contribution is 7.92. The first-order valence-corrected chi connectivity index (χ1v) is 9.83. The molecule has 0 aliphatic heterocycles. The molecule has 0 atom stereocenters. The highest BCUT2D eigenvalue weighted by Crippen LogP contribution is 2.31. The summed E-state index contributed by atoms with van der Waals surface area (Å²) in [6, 6.07) is 5.14. The Hall–Kier alpha value is -2.42. The molecule has 0 saturated carbocycles. The maximum Gasteiger partial charge on any atom is 0.346 e. The molecular formula is C16H23N5O3S. The van der Waals surface area contributed by atoms with E-state index >= 15 is 0 Å². The molecule has 1 amide bonds. The summed E-state index contributed by atoms with van der Waals surface area (Å²) in [5.41, 5.74) is 2.05. The van der Waals surface area contributed by atoms with Crippen molar-refractivity contribution in [3.05, 3.63) is 35.7 Å². The molecule has 0 radical (unpaired) electrons. The van der Waals surface area contributed by atoms with Crippen LogP contribution in [0, 0.1) is 13.8 Å². The minimum atomic E-state index is -3.69. The van der Waals surface area contributed by atoms with Crippen LogP contribution in [-0.4, -0.2) is 53.5 Å². The van der Waals surface area contributed by atoms with Crippen LogP contribution in [0.2, 0.25) is 0 Å². The summed E-state index contributed by atoms with van der Waals surface area (Å²) in [5.74, 6) is -0.0552. The van der Waals surface area contributed by atoms with Gasteiger partial charge in [0, 0.05) is 13.1 Å². The van der Waals surface area contributed by atoms with Gasteiger partial charge in [0.2, 0.25) is 10.0 Å². The van der Waals surface area contributed by atoms with Crippen molar-refractivity contribution in [1.82, 2.24) is 19.7 Å². The van der Waals surface area contributed by atoms with Crippen molar-refractivity contribution in [2.75, 3.05) is 23.7 Å². The lowest BCUT2D eigenvalue weighted by Gasteiger charge is -2.22. The molecule has 0 fully saturated rings. The van der Waals surface area contributed by atoms with Crippen LogP contribution < -0.4 is 4.31 Å². The minimum absolute atomic E-state index is 0.0552. The molecule has 0 aliphatic carbocycles. The molecular weight excluding hydrogens is 342 g/mol. The number of aromatic nitrogens is 3. The fourth-order valence-electron chi connectivity index (χ4n) is 2.62. The summed E-state index contributed by atoms with van der Waals surface area (Å²) >= 11 is 0. The number of amides is 1. The maximum absolute atomic E-state index is 12.4. The van der Waals surface area contributed by atoms with Gasteiger partial charge in [0.15, 0.2) is 0 Å². The van der Waals surface area contributed by atoms with Crippen molar-refractivity contribution in [3.63, 3.8) is 0 Å². The van der Waals surface area contributed by atoms with Gasteiger partial charge in [-0.15, -0.1) is 5.10 Å². The smallest absolute Gasteiger partial charge is 0.323 e. The number of rotatable bonds is 5. The molecule has 1 aromatic carbocycles. The number of hydrogen-bond donors (Lipinski definition) is 0. The molecule has 0 saturated heterocycles. The number of sulfonamides is 1. The van der Waals surface area contributed by atoms with Crippen LogP contribution in [0.5, 0.6) is 0 Å². The zero-order valence-corrected chi connectivity index (χ0v) is 15.9.